The second-order valence-electron chi connectivity index (χ2n) is 7.22. The summed E-state index contributed by atoms with van der Waals surface area (Å²) in [5, 5.41) is 2.72. The van der Waals surface area contributed by atoms with Crippen molar-refractivity contribution in [1.29, 1.82) is 0 Å². The first kappa shape index (κ1) is 21.7. The summed E-state index contributed by atoms with van der Waals surface area (Å²) >= 11 is 0. The second kappa shape index (κ2) is 8.04. The normalized spacial score (nSPS) is 18.0. The largest absolute Gasteiger partial charge is 0.447 e. The predicted octanol–water partition coefficient (Wildman–Crippen LogP) is 4.93. The quantitative estimate of drug-likeness (QED) is 0.682. The molecule has 0 radical (unpaired) electrons. The van der Waals surface area contributed by atoms with Crippen molar-refractivity contribution in [2.45, 2.75) is 39.0 Å². The maximum atomic E-state index is 14.3. The summed E-state index contributed by atoms with van der Waals surface area (Å²) in [6.45, 7) is 5.25. The number of hydrogen-bond donors (Lipinski definition) is 1. The summed E-state index contributed by atoms with van der Waals surface area (Å²) < 4.78 is 71.7. The van der Waals surface area contributed by atoms with Gasteiger partial charge in [-0.05, 0) is 25.0 Å². The van der Waals surface area contributed by atoms with Crippen LogP contribution in [0, 0.1) is 17.6 Å². The number of anilines is 2. The van der Waals surface area contributed by atoms with Crippen LogP contribution < -0.4 is 10.2 Å². The van der Waals surface area contributed by atoms with Gasteiger partial charge in [0.2, 0.25) is 5.95 Å². The summed E-state index contributed by atoms with van der Waals surface area (Å²) in [4.78, 5) is 21.0. The molecule has 0 aliphatic carbocycles. The van der Waals surface area contributed by atoms with E-state index in [0.717, 1.165) is 23.2 Å². The summed E-state index contributed by atoms with van der Waals surface area (Å²) in [6.07, 6.45) is -4.56. The fourth-order valence-corrected chi connectivity index (χ4v) is 3.09. The van der Waals surface area contributed by atoms with Gasteiger partial charge in [0, 0.05) is 5.56 Å². The van der Waals surface area contributed by atoms with E-state index in [1.54, 1.807) is 0 Å². The Labute approximate surface area is 169 Å². The average molecular weight is 430 g/mol. The molecule has 0 saturated carbocycles. The molecule has 1 aliphatic heterocycles. The zero-order valence-corrected chi connectivity index (χ0v) is 16.3. The highest BCUT2D eigenvalue weighted by Gasteiger charge is 2.39. The first-order chi connectivity index (χ1) is 14.0. The first-order valence-corrected chi connectivity index (χ1v) is 9.10. The number of nitrogens with one attached hydrogen (secondary N) is 1. The highest BCUT2D eigenvalue weighted by atomic mass is 19.4. The lowest BCUT2D eigenvalue weighted by Crippen LogP contribution is -2.38. The second-order valence-corrected chi connectivity index (χ2v) is 7.22. The molecule has 6 nitrogen and oxygen atoms in total. The molecule has 1 N–H and O–H groups in total. The average Bonchev–Trinajstić information content (AvgIpc) is 3.04. The van der Waals surface area contributed by atoms with Crippen LogP contribution in [-0.4, -0.2) is 28.7 Å². The number of cyclic esters (lactones) is 1. The molecule has 1 saturated heterocycles. The molecule has 1 aromatic heterocycles. The summed E-state index contributed by atoms with van der Waals surface area (Å²) in [5.74, 6) is -2.37. The van der Waals surface area contributed by atoms with Crippen molar-refractivity contribution in [3.05, 3.63) is 47.2 Å². The van der Waals surface area contributed by atoms with Crippen LogP contribution in [0.4, 0.5) is 38.5 Å². The van der Waals surface area contributed by atoms with Gasteiger partial charge in [-0.1, -0.05) is 19.9 Å². The minimum absolute atomic E-state index is 0.0395. The maximum Gasteiger partial charge on any atom is 0.416 e. The Morgan fingerprint density at radius 1 is 1.20 bits per heavy atom. The molecule has 2 unspecified atom stereocenters. The lowest BCUT2D eigenvalue weighted by atomic mass is 10.0. The maximum absolute atomic E-state index is 14.3. The van der Waals surface area contributed by atoms with Gasteiger partial charge in [0.15, 0.2) is 11.6 Å². The number of aromatic nitrogens is 2. The monoisotopic (exact) mass is 430 g/mol. The Hall–Kier alpha value is -2.98. The van der Waals surface area contributed by atoms with E-state index in [9.17, 15) is 26.7 Å². The van der Waals surface area contributed by atoms with Crippen molar-refractivity contribution in [2.24, 2.45) is 5.92 Å². The fraction of sp³-hybridized carbons (Fsp3) is 0.421. The summed E-state index contributed by atoms with van der Waals surface area (Å²) in [5.41, 5.74) is -1.17. The smallest absolute Gasteiger partial charge is 0.416 e. The van der Waals surface area contributed by atoms with Gasteiger partial charge >= 0.3 is 12.3 Å². The molecule has 2 aromatic rings. The van der Waals surface area contributed by atoms with Crippen molar-refractivity contribution in [3.63, 3.8) is 0 Å². The van der Waals surface area contributed by atoms with Gasteiger partial charge in [0.1, 0.15) is 12.4 Å². The van der Waals surface area contributed by atoms with Gasteiger partial charge in [-0.2, -0.15) is 18.2 Å². The lowest BCUT2D eigenvalue weighted by Gasteiger charge is -2.24. The van der Waals surface area contributed by atoms with Crippen LogP contribution in [-0.2, 0) is 10.9 Å². The molecule has 1 aromatic carbocycles. The first-order valence-electron chi connectivity index (χ1n) is 9.10. The molecule has 1 aliphatic rings. The Balaban J connectivity index is 1.86. The van der Waals surface area contributed by atoms with Crippen molar-refractivity contribution in [3.8, 4) is 0 Å². The van der Waals surface area contributed by atoms with Crippen molar-refractivity contribution < 1.29 is 31.5 Å². The van der Waals surface area contributed by atoms with E-state index in [4.69, 9.17) is 4.74 Å². The van der Waals surface area contributed by atoms with Gasteiger partial charge in [0.05, 0.1) is 23.8 Å². The van der Waals surface area contributed by atoms with E-state index >= 15 is 0 Å². The van der Waals surface area contributed by atoms with E-state index in [0.29, 0.717) is 6.07 Å². The van der Waals surface area contributed by atoms with E-state index in [1.165, 1.54) is 6.92 Å². The van der Waals surface area contributed by atoms with Crippen LogP contribution in [0.3, 0.4) is 0 Å². The van der Waals surface area contributed by atoms with Crippen LogP contribution in [0.1, 0.15) is 37.9 Å². The highest BCUT2D eigenvalue weighted by Crippen LogP contribution is 2.32. The molecule has 0 bridgehead atoms. The molecule has 1 fully saturated rings. The summed E-state index contributed by atoms with van der Waals surface area (Å²) in [6, 6.07) is 0.905. The molecule has 0 spiro atoms. The van der Waals surface area contributed by atoms with Crippen LogP contribution in [0.25, 0.3) is 0 Å². The number of halogens is 5. The fourth-order valence-electron chi connectivity index (χ4n) is 3.09. The topological polar surface area (TPSA) is 67.4 Å². The molecular formula is C19H19F5N4O2. The number of hydrogen-bond acceptors (Lipinski definition) is 5. The van der Waals surface area contributed by atoms with Crippen LogP contribution >= 0.6 is 0 Å². The Bertz CT molecular complexity index is 951. The third-order valence-corrected chi connectivity index (χ3v) is 4.77. The standard InChI is InChI=1S/C19H19F5N4O2/c1-9(2)15-8-30-18(29)28(15)16-14(21)7-25-17(27-16)26-10(3)12-5-4-11(6-13(12)20)19(22,23)24/h4-7,9-10,15H,8H2,1-3H3,(H,25,26,27). The number of alkyl halides is 3. The van der Waals surface area contributed by atoms with Gasteiger partial charge in [0.25, 0.3) is 0 Å². The molecule has 2 heterocycles. The number of ether oxygens (including phenoxy) is 1. The Morgan fingerprint density at radius 3 is 2.50 bits per heavy atom. The molecule has 2 atom stereocenters. The molecule has 162 valence electrons. The number of nitrogens with zero attached hydrogens (tertiary/aromatic N) is 3. The summed E-state index contributed by atoms with van der Waals surface area (Å²) in [7, 11) is 0. The molecule has 11 heteroatoms. The van der Waals surface area contributed by atoms with E-state index in [1.807, 2.05) is 13.8 Å². The van der Waals surface area contributed by atoms with E-state index in [2.05, 4.69) is 15.3 Å². The predicted molar refractivity (Wildman–Crippen MR) is 97.9 cm³/mol. The van der Waals surface area contributed by atoms with Gasteiger partial charge in [-0.15, -0.1) is 0 Å². The number of benzene rings is 1. The molecule has 1 amide bonds. The lowest BCUT2D eigenvalue weighted by molar-refractivity contribution is -0.137. The SMILES string of the molecule is CC(Nc1ncc(F)c(N2C(=O)OCC2C(C)C)n1)c1ccc(C(F)(F)F)cc1F. The highest BCUT2D eigenvalue weighted by molar-refractivity contribution is 5.89. The Kier molecular flexibility index (Phi) is 5.82. The number of carbonyl (C=O) groups is 1. The molecular weight excluding hydrogens is 411 g/mol. The van der Waals surface area contributed by atoms with Crippen molar-refractivity contribution in [1.82, 2.24) is 9.97 Å². The zero-order chi connectivity index (χ0) is 22.2. The third kappa shape index (κ3) is 4.29. The Morgan fingerprint density at radius 2 is 1.90 bits per heavy atom. The number of amides is 1. The molecule has 3 rings (SSSR count). The zero-order valence-electron chi connectivity index (χ0n) is 16.3. The minimum Gasteiger partial charge on any atom is -0.447 e. The van der Waals surface area contributed by atoms with Crippen LogP contribution in [0.5, 0.6) is 0 Å². The minimum atomic E-state index is -4.66. The number of carbonyl (C=O) groups excluding carboxylic acids is 1. The van der Waals surface area contributed by atoms with Crippen LogP contribution in [0.2, 0.25) is 0 Å². The van der Waals surface area contributed by atoms with Gasteiger partial charge < -0.3 is 10.1 Å². The van der Waals surface area contributed by atoms with Gasteiger partial charge in [-0.3, -0.25) is 4.90 Å². The third-order valence-electron chi connectivity index (χ3n) is 4.77. The van der Waals surface area contributed by atoms with E-state index in [-0.39, 0.29) is 29.9 Å². The van der Waals surface area contributed by atoms with Crippen LogP contribution in [0.15, 0.2) is 24.4 Å². The van der Waals surface area contributed by atoms with Gasteiger partial charge in [-0.25, -0.2) is 18.6 Å². The number of rotatable bonds is 5. The van der Waals surface area contributed by atoms with E-state index < -0.39 is 41.6 Å². The molecule has 30 heavy (non-hydrogen) atoms. The van der Waals surface area contributed by atoms with Crippen molar-refractivity contribution in [2.75, 3.05) is 16.8 Å². The van der Waals surface area contributed by atoms with Crippen molar-refractivity contribution >= 4 is 17.9 Å².